The summed E-state index contributed by atoms with van der Waals surface area (Å²) in [5, 5.41) is 20.2. The summed E-state index contributed by atoms with van der Waals surface area (Å²) >= 11 is 0. The molecule has 0 saturated carbocycles. The zero-order valence-electron chi connectivity index (χ0n) is 22.3. The number of carboxylic acid groups (broad SMARTS) is 1. The molecule has 0 spiro atoms. The molecule has 0 aromatic carbocycles. The summed E-state index contributed by atoms with van der Waals surface area (Å²) in [6.07, 6.45) is 23.7. The third-order valence-electron chi connectivity index (χ3n) is 6.87. The number of aliphatic carboxylic acids is 1. The van der Waals surface area contributed by atoms with Crippen molar-refractivity contribution in [2.45, 2.75) is 148 Å². The second-order valence-corrected chi connectivity index (χ2v) is 11.0. The van der Waals surface area contributed by atoms with Gasteiger partial charge < -0.3 is 14.7 Å². The first-order valence-corrected chi connectivity index (χ1v) is 14.0. The molecule has 0 rings (SSSR count). The molecule has 2 N–H and O–H groups in total. The van der Waals surface area contributed by atoms with E-state index >= 15 is 0 Å². The minimum atomic E-state index is -0.728. The molecule has 0 aromatic heterocycles. The number of carbonyl (C=O) groups is 1. The molecule has 0 aliphatic heterocycles. The van der Waals surface area contributed by atoms with Gasteiger partial charge in [0.2, 0.25) is 0 Å². The number of hydrogen-bond donors (Lipinski definition) is 2. The van der Waals surface area contributed by atoms with Crippen LogP contribution in [-0.2, 0) is 4.79 Å². The summed E-state index contributed by atoms with van der Waals surface area (Å²) in [6.45, 7) is 5.99. The molecule has 1 atom stereocenters. The molecule has 192 valence electrons. The van der Waals surface area contributed by atoms with Crippen molar-refractivity contribution in [3.05, 3.63) is 0 Å². The van der Waals surface area contributed by atoms with Crippen LogP contribution in [-0.4, -0.2) is 53.5 Å². The minimum Gasteiger partial charge on any atom is -0.481 e. The van der Waals surface area contributed by atoms with Crippen molar-refractivity contribution in [3.63, 3.8) is 0 Å². The van der Waals surface area contributed by atoms with Crippen LogP contribution in [0.15, 0.2) is 0 Å². The predicted octanol–water partition coefficient (Wildman–Crippen LogP) is 7.72. The molecule has 0 heterocycles. The number of unbranched alkanes of at least 4 members (excludes halogenated alkanes) is 14. The van der Waals surface area contributed by atoms with Crippen LogP contribution in [0.5, 0.6) is 0 Å². The van der Waals surface area contributed by atoms with Gasteiger partial charge in [-0.1, -0.05) is 117 Å². The molecule has 0 amide bonds. The van der Waals surface area contributed by atoms with Crippen molar-refractivity contribution in [1.82, 2.24) is 0 Å². The zero-order chi connectivity index (χ0) is 24.1. The summed E-state index contributed by atoms with van der Waals surface area (Å²) in [4.78, 5) is 10.8. The molecule has 1 unspecified atom stereocenters. The first-order valence-electron chi connectivity index (χ1n) is 14.0. The van der Waals surface area contributed by atoms with E-state index in [1.54, 1.807) is 0 Å². The molecule has 0 aliphatic carbocycles. The Hall–Kier alpha value is -0.610. The number of likely N-dealkylation sites (N-methyl/N-ethyl adjacent to an activating group) is 1. The van der Waals surface area contributed by atoms with Gasteiger partial charge in [-0.15, -0.1) is 0 Å². The van der Waals surface area contributed by atoms with Crippen molar-refractivity contribution >= 4 is 5.97 Å². The highest BCUT2D eigenvalue weighted by Gasteiger charge is 2.34. The SMILES string of the molecule is CCCCCCCCCCCCCCCCC(O)(CCCC)C[N+](C)(C)CCCC(=O)O. The van der Waals surface area contributed by atoms with Crippen LogP contribution in [0.25, 0.3) is 0 Å². The third-order valence-corrected chi connectivity index (χ3v) is 6.87. The fraction of sp³-hybridized carbons (Fsp3) is 0.964. The second kappa shape index (κ2) is 19.8. The number of hydrogen-bond acceptors (Lipinski definition) is 2. The molecule has 0 fully saturated rings. The quantitative estimate of drug-likeness (QED) is 0.115. The Labute approximate surface area is 200 Å². The van der Waals surface area contributed by atoms with Crippen LogP contribution in [0, 0.1) is 0 Å². The highest BCUT2D eigenvalue weighted by Crippen LogP contribution is 2.26. The zero-order valence-corrected chi connectivity index (χ0v) is 22.3. The normalized spacial score (nSPS) is 13.9. The number of carboxylic acids is 1. The number of rotatable bonds is 24. The van der Waals surface area contributed by atoms with Crippen LogP contribution in [0.3, 0.4) is 0 Å². The Kier molecular flexibility index (Phi) is 19.4. The summed E-state index contributed by atoms with van der Waals surface area (Å²) in [5.74, 6) is -0.728. The summed E-state index contributed by atoms with van der Waals surface area (Å²) in [7, 11) is 4.26. The van der Waals surface area contributed by atoms with Gasteiger partial charge in [-0.25, -0.2) is 0 Å². The van der Waals surface area contributed by atoms with Gasteiger partial charge in [0, 0.05) is 6.42 Å². The van der Waals surface area contributed by atoms with Gasteiger partial charge >= 0.3 is 5.97 Å². The number of aliphatic hydroxyl groups is 1. The van der Waals surface area contributed by atoms with E-state index in [1.165, 1.54) is 83.5 Å². The van der Waals surface area contributed by atoms with Gasteiger partial charge in [0.25, 0.3) is 0 Å². The van der Waals surface area contributed by atoms with E-state index < -0.39 is 11.6 Å². The maximum absolute atomic E-state index is 11.3. The number of quaternary nitrogens is 1. The summed E-state index contributed by atoms with van der Waals surface area (Å²) < 4.78 is 0.700. The van der Waals surface area contributed by atoms with Crippen molar-refractivity contribution in [2.75, 3.05) is 27.2 Å². The van der Waals surface area contributed by atoms with Crippen LogP contribution in [0.1, 0.15) is 142 Å². The van der Waals surface area contributed by atoms with E-state index in [0.717, 1.165) is 45.2 Å². The average molecular weight is 457 g/mol. The lowest BCUT2D eigenvalue weighted by Crippen LogP contribution is -2.52. The first kappa shape index (κ1) is 31.4. The fourth-order valence-corrected chi connectivity index (χ4v) is 4.97. The molecule has 4 nitrogen and oxygen atoms in total. The molecule has 0 bridgehead atoms. The van der Waals surface area contributed by atoms with Crippen LogP contribution in [0.4, 0.5) is 0 Å². The molecule has 0 aliphatic rings. The second-order valence-electron chi connectivity index (χ2n) is 11.0. The Morgan fingerprint density at radius 1 is 0.656 bits per heavy atom. The van der Waals surface area contributed by atoms with Crippen LogP contribution < -0.4 is 0 Å². The first-order chi connectivity index (χ1) is 15.2. The van der Waals surface area contributed by atoms with Crippen LogP contribution >= 0.6 is 0 Å². The van der Waals surface area contributed by atoms with Gasteiger partial charge in [-0.2, -0.15) is 0 Å². The lowest BCUT2D eigenvalue weighted by molar-refractivity contribution is -0.897. The Morgan fingerprint density at radius 2 is 1.06 bits per heavy atom. The van der Waals surface area contributed by atoms with Gasteiger partial charge in [-0.3, -0.25) is 4.79 Å². The van der Waals surface area contributed by atoms with Crippen molar-refractivity contribution in [2.24, 2.45) is 0 Å². The van der Waals surface area contributed by atoms with E-state index in [-0.39, 0.29) is 6.42 Å². The van der Waals surface area contributed by atoms with Gasteiger partial charge in [-0.05, 0) is 12.8 Å². The highest BCUT2D eigenvalue weighted by molar-refractivity contribution is 5.66. The maximum atomic E-state index is 11.3. The Balaban J connectivity index is 3.95. The van der Waals surface area contributed by atoms with E-state index in [2.05, 4.69) is 27.9 Å². The van der Waals surface area contributed by atoms with Gasteiger partial charge in [0.15, 0.2) is 0 Å². The minimum absolute atomic E-state index is 0.216. The molecule has 4 heteroatoms. The highest BCUT2D eigenvalue weighted by atomic mass is 16.4. The van der Waals surface area contributed by atoms with Crippen molar-refractivity contribution < 1.29 is 19.5 Å². The standard InChI is InChI=1S/C28H57NO3/c1-5-7-9-10-11-12-13-14-15-16-17-18-19-20-24-28(32,23-8-6-2)26-29(3,4)25-21-22-27(30)31/h32H,5-26H2,1-4H3/p+1. The van der Waals surface area contributed by atoms with E-state index in [0.29, 0.717) is 10.9 Å². The van der Waals surface area contributed by atoms with E-state index in [4.69, 9.17) is 5.11 Å². The maximum Gasteiger partial charge on any atom is 0.303 e. The topological polar surface area (TPSA) is 57.5 Å². The lowest BCUT2D eigenvalue weighted by Gasteiger charge is -2.38. The van der Waals surface area contributed by atoms with E-state index in [1.807, 2.05) is 0 Å². The molecular weight excluding hydrogens is 398 g/mol. The third kappa shape index (κ3) is 20.0. The molecular formula is C28H58NO3+. The largest absolute Gasteiger partial charge is 0.481 e. The average Bonchev–Trinajstić information content (AvgIpc) is 2.71. The van der Waals surface area contributed by atoms with Crippen molar-refractivity contribution in [1.29, 1.82) is 0 Å². The Morgan fingerprint density at radius 3 is 1.50 bits per heavy atom. The predicted molar refractivity (Wildman–Crippen MR) is 138 cm³/mol. The molecule has 0 saturated heterocycles. The van der Waals surface area contributed by atoms with Gasteiger partial charge in [0.05, 0.1) is 27.1 Å². The smallest absolute Gasteiger partial charge is 0.303 e. The summed E-state index contributed by atoms with van der Waals surface area (Å²) in [6, 6.07) is 0. The monoisotopic (exact) mass is 456 g/mol. The molecule has 0 aromatic rings. The Bertz CT molecular complexity index is 438. The van der Waals surface area contributed by atoms with Crippen molar-refractivity contribution in [3.8, 4) is 0 Å². The van der Waals surface area contributed by atoms with E-state index in [9.17, 15) is 9.90 Å². The van der Waals surface area contributed by atoms with Crippen LogP contribution in [0.2, 0.25) is 0 Å². The van der Waals surface area contributed by atoms with Gasteiger partial charge in [0.1, 0.15) is 12.1 Å². The fourth-order valence-electron chi connectivity index (χ4n) is 4.97. The summed E-state index contributed by atoms with van der Waals surface area (Å²) in [5.41, 5.74) is -0.611. The molecule has 0 radical (unpaired) electrons. The number of nitrogens with zero attached hydrogens (tertiary/aromatic N) is 1. The lowest BCUT2D eigenvalue weighted by atomic mass is 9.89. The molecule has 32 heavy (non-hydrogen) atoms.